The van der Waals surface area contributed by atoms with Gasteiger partial charge < -0.3 is 4.74 Å². The van der Waals surface area contributed by atoms with E-state index < -0.39 is 0 Å². The second-order valence-corrected chi connectivity index (χ2v) is 6.71. The highest BCUT2D eigenvalue weighted by atomic mass is 16.5. The third kappa shape index (κ3) is 5.57. The minimum absolute atomic E-state index is 0.0574. The Morgan fingerprint density at radius 1 is 0.864 bits per heavy atom. The fraction of sp³-hybridized carbons (Fsp3) is 0.810. The summed E-state index contributed by atoms with van der Waals surface area (Å²) in [6.45, 7) is 9.86. The number of allylic oxidation sites excluding steroid dienone is 4. The van der Waals surface area contributed by atoms with E-state index in [1.165, 1.54) is 44.9 Å². The van der Waals surface area contributed by atoms with Crippen LogP contribution in [0.3, 0.4) is 0 Å². The third-order valence-corrected chi connectivity index (χ3v) is 5.42. The summed E-state index contributed by atoms with van der Waals surface area (Å²) in [7, 11) is 0. The van der Waals surface area contributed by atoms with Crippen LogP contribution in [0.4, 0.5) is 0 Å². The quantitative estimate of drug-likeness (QED) is 0.344. The largest absolute Gasteiger partial charge is 0.375 e. The van der Waals surface area contributed by atoms with Crippen molar-refractivity contribution in [3.63, 3.8) is 0 Å². The van der Waals surface area contributed by atoms with Gasteiger partial charge in [0.1, 0.15) is 0 Å². The summed E-state index contributed by atoms with van der Waals surface area (Å²) < 4.78 is 6.33. The maximum atomic E-state index is 6.33. The van der Waals surface area contributed by atoms with Crippen LogP contribution in [-0.2, 0) is 4.74 Å². The van der Waals surface area contributed by atoms with Crippen LogP contribution in [0.5, 0.6) is 0 Å². The third-order valence-electron chi connectivity index (χ3n) is 5.42. The Morgan fingerprint density at radius 3 is 2.00 bits per heavy atom. The molecule has 0 bridgehead atoms. The maximum absolute atomic E-state index is 6.33. The lowest BCUT2D eigenvalue weighted by Gasteiger charge is -2.42. The van der Waals surface area contributed by atoms with E-state index in [-0.39, 0.29) is 5.60 Å². The fourth-order valence-corrected chi connectivity index (χ4v) is 4.04. The Balaban J connectivity index is 2.63. The van der Waals surface area contributed by atoms with Gasteiger partial charge in [-0.15, -0.1) is 0 Å². The van der Waals surface area contributed by atoms with Crippen LogP contribution in [0.15, 0.2) is 24.3 Å². The van der Waals surface area contributed by atoms with Crippen LogP contribution < -0.4 is 0 Å². The normalized spacial score (nSPS) is 16.5. The van der Waals surface area contributed by atoms with Gasteiger partial charge in [0.15, 0.2) is 0 Å². The summed E-state index contributed by atoms with van der Waals surface area (Å²) in [6, 6.07) is 0. The smallest absolute Gasteiger partial charge is 0.0713 e. The van der Waals surface area contributed by atoms with Crippen molar-refractivity contribution in [2.24, 2.45) is 11.8 Å². The summed E-state index contributed by atoms with van der Waals surface area (Å²) in [4.78, 5) is 0. The van der Waals surface area contributed by atoms with Crippen molar-refractivity contribution >= 4 is 0 Å². The Bertz CT molecular complexity index is 313. The highest BCUT2D eigenvalue weighted by Crippen LogP contribution is 2.40. The number of hydrogen-bond donors (Lipinski definition) is 0. The molecule has 1 atom stereocenters. The molecule has 1 nitrogen and oxygen atoms in total. The molecule has 0 aliphatic heterocycles. The monoisotopic (exact) mass is 306 g/mol. The van der Waals surface area contributed by atoms with E-state index in [0.717, 1.165) is 19.4 Å². The molecule has 0 saturated carbocycles. The van der Waals surface area contributed by atoms with Crippen molar-refractivity contribution in [3.05, 3.63) is 24.3 Å². The molecule has 0 saturated heterocycles. The van der Waals surface area contributed by atoms with E-state index in [2.05, 4.69) is 52.0 Å². The SMILES string of the molecule is CCCCCCCCC(C1C=CC=C1)C(CC)(CC)OCC. The van der Waals surface area contributed by atoms with Crippen molar-refractivity contribution in [2.45, 2.75) is 91.1 Å². The molecule has 0 N–H and O–H groups in total. The molecule has 1 aliphatic rings. The van der Waals surface area contributed by atoms with Gasteiger partial charge in [0, 0.05) is 12.5 Å². The second kappa shape index (κ2) is 11.0. The maximum Gasteiger partial charge on any atom is 0.0713 e. The minimum atomic E-state index is 0.0574. The van der Waals surface area contributed by atoms with Gasteiger partial charge in [0.2, 0.25) is 0 Å². The molecule has 1 aliphatic carbocycles. The molecule has 0 spiro atoms. The van der Waals surface area contributed by atoms with E-state index >= 15 is 0 Å². The standard InChI is InChI=1S/C21H38O/c1-5-9-10-11-12-13-18-20(19-16-14-15-17-19)21(6-2,7-3)22-8-4/h14-17,19-20H,5-13,18H2,1-4H3. The molecule has 1 heteroatoms. The van der Waals surface area contributed by atoms with Gasteiger partial charge in [-0.25, -0.2) is 0 Å². The van der Waals surface area contributed by atoms with E-state index in [1.54, 1.807) is 0 Å². The molecule has 0 fully saturated rings. The average molecular weight is 307 g/mol. The molecule has 0 aromatic heterocycles. The Kier molecular flexibility index (Phi) is 9.79. The molecule has 1 rings (SSSR count). The molecule has 1 unspecified atom stereocenters. The predicted octanol–water partition coefficient (Wildman–Crippen LogP) is 6.69. The first-order valence-electron chi connectivity index (χ1n) is 9.73. The first-order valence-corrected chi connectivity index (χ1v) is 9.73. The first-order chi connectivity index (χ1) is 10.7. The van der Waals surface area contributed by atoms with Crippen molar-refractivity contribution in [2.75, 3.05) is 6.61 Å². The van der Waals surface area contributed by atoms with E-state index in [0.29, 0.717) is 11.8 Å². The number of hydrogen-bond acceptors (Lipinski definition) is 1. The lowest BCUT2D eigenvalue weighted by Crippen LogP contribution is -2.43. The highest BCUT2D eigenvalue weighted by Gasteiger charge is 2.39. The molecule has 0 aromatic carbocycles. The van der Waals surface area contributed by atoms with Crippen LogP contribution >= 0.6 is 0 Å². The first kappa shape index (κ1) is 19.5. The summed E-state index contributed by atoms with van der Waals surface area (Å²) >= 11 is 0. The van der Waals surface area contributed by atoms with Crippen LogP contribution in [0.1, 0.15) is 85.5 Å². The predicted molar refractivity (Wildman–Crippen MR) is 98.2 cm³/mol. The molecule has 128 valence electrons. The Hall–Kier alpha value is -0.560. The molecule has 0 heterocycles. The van der Waals surface area contributed by atoms with E-state index in [1.807, 2.05) is 0 Å². The van der Waals surface area contributed by atoms with Gasteiger partial charge in [-0.2, -0.15) is 0 Å². The molecular formula is C21H38O. The van der Waals surface area contributed by atoms with Crippen LogP contribution in [-0.4, -0.2) is 12.2 Å². The summed E-state index contributed by atoms with van der Waals surface area (Å²) in [6.07, 6.45) is 21.0. The zero-order valence-corrected chi connectivity index (χ0v) is 15.4. The summed E-state index contributed by atoms with van der Waals surface area (Å²) in [5.41, 5.74) is 0.0574. The lowest BCUT2D eigenvalue weighted by molar-refractivity contribution is -0.0977. The van der Waals surface area contributed by atoms with Gasteiger partial charge >= 0.3 is 0 Å². The van der Waals surface area contributed by atoms with Gasteiger partial charge in [-0.1, -0.05) is 83.6 Å². The van der Waals surface area contributed by atoms with Gasteiger partial charge in [-0.05, 0) is 32.1 Å². The van der Waals surface area contributed by atoms with Crippen molar-refractivity contribution < 1.29 is 4.74 Å². The second-order valence-electron chi connectivity index (χ2n) is 6.71. The highest BCUT2D eigenvalue weighted by molar-refractivity contribution is 5.20. The topological polar surface area (TPSA) is 9.23 Å². The lowest BCUT2D eigenvalue weighted by atomic mass is 9.72. The van der Waals surface area contributed by atoms with Crippen LogP contribution in [0.25, 0.3) is 0 Å². The van der Waals surface area contributed by atoms with Gasteiger partial charge in [-0.3, -0.25) is 0 Å². The van der Waals surface area contributed by atoms with Gasteiger partial charge in [0.25, 0.3) is 0 Å². The van der Waals surface area contributed by atoms with Crippen LogP contribution in [0, 0.1) is 11.8 Å². The average Bonchev–Trinajstić information content (AvgIpc) is 3.06. The van der Waals surface area contributed by atoms with Crippen LogP contribution in [0.2, 0.25) is 0 Å². The molecule has 0 radical (unpaired) electrons. The Morgan fingerprint density at radius 2 is 1.45 bits per heavy atom. The van der Waals surface area contributed by atoms with Gasteiger partial charge in [0.05, 0.1) is 5.60 Å². The van der Waals surface area contributed by atoms with Crippen molar-refractivity contribution in [1.29, 1.82) is 0 Å². The number of ether oxygens (including phenoxy) is 1. The molecular weight excluding hydrogens is 268 g/mol. The summed E-state index contributed by atoms with van der Waals surface area (Å²) in [5.74, 6) is 1.20. The minimum Gasteiger partial charge on any atom is -0.375 e. The zero-order valence-electron chi connectivity index (χ0n) is 15.4. The fourth-order valence-electron chi connectivity index (χ4n) is 4.04. The van der Waals surface area contributed by atoms with Crippen molar-refractivity contribution in [1.82, 2.24) is 0 Å². The molecule has 0 aromatic rings. The summed E-state index contributed by atoms with van der Waals surface area (Å²) in [5, 5.41) is 0. The number of rotatable bonds is 13. The molecule has 0 amide bonds. The Labute approximate surface area is 139 Å². The zero-order chi connectivity index (χ0) is 16.3. The van der Waals surface area contributed by atoms with E-state index in [4.69, 9.17) is 4.74 Å². The molecule has 22 heavy (non-hydrogen) atoms. The van der Waals surface area contributed by atoms with E-state index in [9.17, 15) is 0 Å². The number of unbranched alkanes of at least 4 members (excludes halogenated alkanes) is 5. The van der Waals surface area contributed by atoms with Crippen molar-refractivity contribution in [3.8, 4) is 0 Å².